The van der Waals surface area contributed by atoms with E-state index in [1.807, 2.05) is 18.2 Å². The molecule has 0 spiro atoms. The van der Waals surface area contributed by atoms with E-state index in [4.69, 9.17) is 0 Å². The van der Waals surface area contributed by atoms with Crippen LogP contribution in [0.3, 0.4) is 0 Å². The molecule has 1 aromatic rings. The Bertz CT molecular complexity index is 271. The van der Waals surface area contributed by atoms with Crippen molar-refractivity contribution in [2.45, 2.75) is 0 Å². The maximum atomic E-state index is 11.2. The molecule has 0 fully saturated rings. The van der Waals surface area contributed by atoms with E-state index in [1.165, 1.54) is 0 Å². The molecule has 58 valence electrons. The molecule has 11 heavy (non-hydrogen) atoms. The molecule has 0 aliphatic carbocycles. The Balaban J connectivity index is 3.03. The predicted octanol–water partition coefficient (Wildman–Crippen LogP) is 3.03. The van der Waals surface area contributed by atoms with Gasteiger partial charge in [-0.05, 0) is 6.07 Å². The number of ketones is 1. The van der Waals surface area contributed by atoms with Crippen LogP contribution in [0.15, 0.2) is 28.7 Å². The van der Waals surface area contributed by atoms with Gasteiger partial charge in [-0.15, -0.1) is 0 Å². The fraction of sp³-hybridized carbons (Fsp3) is 0.125. The summed E-state index contributed by atoms with van der Waals surface area (Å²) in [4.78, 5) is 11.2. The van der Waals surface area contributed by atoms with Gasteiger partial charge in [0.05, 0.1) is 5.33 Å². The van der Waals surface area contributed by atoms with Crippen molar-refractivity contribution in [1.29, 1.82) is 0 Å². The summed E-state index contributed by atoms with van der Waals surface area (Å²) in [6.07, 6.45) is 0. The number of hydrogen-bond donors (Lipinski definition) is 0. The van der Waals surface area contributed by atoms with Crippen LogP contribution in [0.2, 0.25) is 0 Å². The largest absolute Gasteiger partial charge is 0.293 e. The van der Waals surface area contributed by atoms with Crippen LogP contribution >= 0.6 is 31.9 Å². The molecule has 1 nitrogen and oxygen atoms in total. The van der Waals surface area contributed by atoms with E-state index in [0.717, 1.165) is 10.0 Å². The number of benzene rings is 1. The van der Waals surface area contributed by atoms with Crippen LogP contribution in [0.4, 0.5) is 0 Å². The van der Waals surface area contributed by atoms with Crippen molar-refractivity contribution < 1.29 is 4.79 Å². The standard InChI is InChI=1S/C8H6Br2O/c9-5-8(11)6-3-1-2-4-7(6)10/h1-4H,5H2. The lowest BCUT2D eigenvalue weighted by Gasteiger charge is -1.98. The highest BCUT2D eigenvalue weighted by Crippen LogP contribution is 2.16. The normalized spacial score (nSPS) is 9.64. The summed E-state index contributed by atoms with van der Waals surface area (Å²) in [5.41, 5.74) is 0.726. The zero-order chi connectivity index (χ0) is 8.27. The molecular weight excluding hydrogens is 272 g/mol. The molecule has 0 unspecified atom stereocenters. The highest BCUT2D eigenvalue weighted by molar-refractivity contribution is 9.10. The minimum Gasteiger partial charge on any atom is -0.293 e. The van der Waals surface area contributed by atoms with Crippen molar-refractivity contribution >= 4 is 37.6 Å². The zero-order valence-corrected chi connectivity index (χ0v) is 8.85. The molecule has 0 atom stereocenters. The number of hydrogen-bond acceptors (Lipinski definition) is 1. The smallest absolute Gasteiger partial charge is 0.174 e. The summed E-state index contributed by atoms with van der Waals surface area (Å²) < 4.78 is 0.851. The van der Waals surface area contributed by atoms with Crippen molar-refractivity contribution in [3.63, 3.8) is 0 Å². The molecule has 1 rings (SSSR count). The molecule has 0 saturated carbocycles. The minimum absolute atomic E-state index is 0.0949. The van der Waals surface area contributed by atoms with Crippen molar-refractivity contribution in [1.82, 2.24) is 0 Å². The molecule has 0 amide bonds. The molecule has 3 heteroatoms. The first-order valence-corrected chi connectivity index (χ1v) is 5.01. The maximum absolute atomic E-state index is 11.2. The SMILES string of the molecule is O=C(CBr)c1ccccc1Br. The number of alkyl halides is 1. The van der Waals surface area contributed by atoms with Gasteiger partial charge in [0, 0.05) is 10.0 Å². The fourth-order valence-corrected chi connectivity index (χ4v) is 1.57. The van der Waals surface area contributed by atoms with E-state index in [2.05, 4.69) is 31.9 Å². The zero-order valence-electron chi connectivity index (χ0n) is 5.68. The summed E-state index contributed by atoms with van der Waals surface area (Å²) in [5.74, 6) is 0.0949. The lowest BCUT2D eigenvalue weighted by atomic mass is 10.2. The number of carbonyl (C=O) groups excluding carboxylic acids is 1. The van der Waals surface area contributed by atoms with Gasteiger partial charge in [-0.2, -0.15) is 0 Å². The van der Waals surface area contributed by atoms with Gasteiger partial charge in [-0.3, -0.25) is 4.79 Å². The van der Waals surface area contributed by atoms with Gasteiger partial charge in [0.15, 0.2) is 5.78 Å². The number of halogens is 2. The topological polar surface area (TPSA) is 17.1 Å². The van der Waals surface area contributed by atoms with E-state index >= 15 is 0 Å². The molecule has 0 bridgehead atoms. The van der Waals surface area contributed by atoms with Crippen molar-refractivity contribution in [2.24, 2.45) is 0 Å². The van der Waals surface area contributed by atoms with E-state index in [0.29, 0.717) is 5.33 Å². The van der Waals surface area contributed by atoms with Gasteiger partial charge in [0.25, 0.3) is 0 Å². The first-order valence-electron chi connectivity index (χ1n) is 3.09. The molecular formula is C8H6Br2O. The highest BCUT2D eigenvalue weighted by atomic mass is 79.9. The molecule has 0 saturated heterocycles. The summed E-state index contributed by atoms with van der Waals surface area (Å²) in [7, 11) is 0. The Labute approximate surface area is 82.1 Å². The first-order chi connectivity index (χ1) is 5.25. The molecule has 0 aromatic heterocycles. The van der Waals surface area contributed by atoms with Crippen LogP contribution in [0, 0.1) is 0 Å². The highest BCUT2D eigenvalue weighted by Gasteiger charge is 2.05. The van der Waals surface area contributed by atoms with Crippen LogP contribution in [-0.2, 0) is 0 Å². The molecule has 0 aliphatic heterocycles. The Kier molecular flexibility index (Phi) is 3.27. The van der Waals surface area contributed by atoms with E-state index in [1.54, 1.807) is 6.07 Å². The van der Waals surface area contributed by atoms with Gasteiger partial charge in [-0.1, -0.05) is 50.1 Å². The third-order valence-electron chi connectivity index (χ3n) is 1.30. The van der Waals surface area contributed by atoms with Crippen LogP contribution in [0.1, 0.15) is 10.4 Å². The van der Waals surface area contributed by atoms with Crippen LogP contribution in [0.5, 0.6) is 0 Å². The quantitative estimate of drug-likeness (QED) is 0.600. The summed E-state index contributed by atoms with van der Waals surface area (Å²) in [5, 5.41) is 0.371. The third kappa shape index (κ3) is 2.14. The average molecular weight is 278 g/mol. The Morgan fingerprint density at radius 2 is 2.00 bits per heavy atom. The van der Waals surface area contributed by atoms with Crippen LogP contribution in [-0.4, -0.2) is 11.1 Å². The first kappa shape index (κ1) is 8.94. The minimum atomic E-state index is 0.0949. The predicted molar refractivity (Wildman–Crippen MR) is 52.3 cm³/mol. The van der Waals surface area contributed by atoms with Crippen molar-refractivity contribution in [3.8, 4) is 0 Å². The fourth-order valence-electron chi connectivity index (χ4n) is 0.759. The third-order valence-corrected chi connectivity index (χ3v) is 2.50. The summed E-state index contributed by atoms with van der Waals surface area (Å²) in [6.45, 7) is 0. The maximum Gasteiger partial charge on any atom is 0.174 e. The van der Waals surface area contributed by atoms with Gasteiger partial charge >= 0.3 is 0 Å². The average Bonchev–Trinajstić information content (AvgIpc) is 2.04. The second-order valence-electron chi connectivity index (χ2n) is 2.04. The number of Topliss-reactive ketones (excluding diaryl/α,β-unsaturated/α-hetero) is 1. The molecule has 0 aliphatic rings. The lowest BCUT2D eigenvalue weighted by molar-refractivity contribution is 0.102. The van der Waals surface area contributed by atoms with Gasteiger partial charge in [-0.25, -0.2) is 0 Å². The number of carbonyl (C=O) groups is 1. The Morgan fingerprint density at radius 3 is 2.55 bits per heavy atom. The second-order valence-corrected chi connectivity index (χ2v) is 3.45. The molecule has 0 N–H and O–H groups in total. The van der Waals surface area contributed by atoms with Crippen LogP contribution < -0.4 is 0 Å². The summed E-state index contributed by atoms with van der Waals surface area (Å²) >= 11 is 6.41. The Morgan fingerprint density at radius 1 is 1.36 bits per heavy atom. The second kappa shape index (κ2) is 4.02. The Hall–Kier alpha value is -0.150. The monoisotopic (exact) mass is 276 g/mol. The molecule has 0 heterocycles. The van der Waals surface area contributed by atoms with E-state index in [9.17, 15) is 4.79 Å². The van der Waals surface area contributed by atoms with Crippen molar-refractivity contribution in [3.05, 3.63) is 34.3 Å². The van der Waals surface area contributed by atoms with Gasteiger partial charge in [0.2, 0.25) is 0 Å². The van der Waals surface area contributed by atoms with Gasteiger partial charge < -0.3 is 0 Å². The van der Waals surface area contributed by atoms with Crippen molar-refractivity contribution in [2.75, 3.05) is 5.33 Å². The number of rotatable bonds is 2. The lowest BCUT2D eigenvalue weighted by Crippen LogP contribution is -1.99. The van der Waals surface area contributed by atoms with Gasteiger partial charge in [0.1, 0.15) is 0 Å². The van der Waals surface area contributed by atoms with E-state index in [-0.39, 0.29) is 5.78 Å². The summed E-state index contributed by atoms with van der Waals surface area (Å²) in [6, 6.07) is 7.39. The van der Waals surface area contributed by atoms with Crippen LogP contribution in [0.25, 0.3) is 0 Å². The molecule has 1 aromatic carbocycles. The molecule has 0 radical (unpaired) electrons. The van der Waals surface area contributed by atoms with E-state index < -0.39 is 0 Å².